The SMILES string of the molecule is CCOC(=O)CCN1CCC(OC(=O)[C@](O)(c2ccccc2)C2CCCC2)C1. The number of hydrogen-bond acceptors (Lipinski definition) is 6. The number of carbonyl (C=O) groups excluding carboxylic acids is 2. The average molecular weight is 389 g/mol. The number of rotatable bonds is 8. The monoisotopic (exact) mass is 389 g/mol. The molecule has 1 aliphatic heterocycles. The minimum absolute atomic E-state index is 0.108. The predicted octanol–water partition coefficient (Wildman–Crippen LogP) is 2.64. The molecule has 0 bridgehead atoms. The molecule has 1 aromatic rings. The second-order valence-electron chi connectivity index (χ2n) is 7.79. The fraction of sp³-hybridized carbons (Fsp3) is 0.636. The lowest BCUT2D eigenvalue weighted by atomic mass is 9.80. The lowest BCUT2D eigenvalue weighted by Gasteiger charge is -2.33. The van der Waals surface area contributed by atoms with Crippen molar-refractivity contribution in [2.24, 2.45) is 5.92 Å². The molecule has 1 heterocycles. The first-order valence-corrected chi connectivity index (χ1v) is 10.4. The van der Waals surface area contributed by atoms with Crippen LogP contribution in [-0.2, 0) is 24.7 Å². The minimum Gasteiger partial charge on any atom is -0.466 e. The predicted molar refractivity (Wildman–Crippen MR) is 104 cm³/mol. The van der Waals surface area contributed by atoms with E-state index in [2.05, 4.69) is 4.90 Å². The molecule has 1 aliphatic carbocycles. The largest absolute Gasteiger partial charge is 0.466 e. The fourth-order valence-electron chi connectivity index (χ4n) is 4.38. The number of carbonyl (C=O) groups is 2. The van der Waals surface area contributed by atoms with Crippen molar-refractivity contribution in [3.63, 3.8) is 0 Å². The van der Waals surface area contributed by atoms with E-state index >= 15 is 0 Å². The van der Waals surface area contributed by atoms with E-state index < -0.39 is 11.6 Å². The van der Waals surface area contributed by atoms with Crippen LogP contribution >= 0.6 is 0 Å². The van der Waals surface area contributed by atoms with Crippen molar-refractivity contribution in [3.05, 3.63) is 35.9 Å². The number of esters is 2. The van der Waals surface area contributed by atoms with Crippen molar-refractivity contribution < 1.29 is 24.2 Å². The third kappa shape index (κ3) is 4.73. The molecule has 28 heavy (non-hydrogen) atoms. The molecule has 0 amide bonds. The molecule has 1 N–H and O–H groups in total. The summed E-state index contributed by atoms with van der Waals surface area (Å²) in [6.07, 6.45) is 4.50. The summed E-state index contributed by atoms with van der Waals surface area (Å²) in [7, 11) is 0. The summed E-state index contributed by atoms with van der Waals surface area (Å²) >= 11 is 0. The molecule has 1 saturated carbocycles. The molecule has 0 spiro atoms. The van der Waals surface area contributed by atoms with Gasteiger partial charge in [0.2, 0.25) is 0 Å². The third-order valence-electron chi connectivity index (χ3n) is 5.91. The van der Waals surface area contributed by atoms with E-state index in [0.717, 1.165) is 32.2 Å². The topological polar surface area (TPSA) is 76.1 Å². The Labute approximate surface area is 166 Å². The standard InChI is InChI=1S/C22H31NO5/c1-2-27-20(24)13-15-23-14-12-19(16-23)28-21(25)22(26,18-10-6-7-11-18)17-8-4-3-5-9-17/h3-5,8-9,18-19,26H,2,6-7,10-16H2,1H3/t19?,22-/m0/s1. The van der Waals surface area contributed by atoms with Crippen molar-refractivity contribution in [3.8, 4) is 0 Å². The second-order valence-corrected chi connectivity index (χ2v) is 7.79. The van der Waals surface area contributed by atoms with Crippen LogP contribution in [0.5, 0.6) is 0 Å². The van der Waals surface area contributed by atoms with E-state index in [9.17, 15) is 14.7 Å². The quantitative estimate of drug-likeness (QED) is 0.689. The number of nitrogens with zero attached hydrogens (tertiary/aromatic N) is 1. The number of likely N-dealkylation sites (tertiary alicyclic amines) is 1. The third-order valence-corrected chi connectivity index (χ3v) is 5.91. The molecule has 1 aromatic carbocycles. The summed E-state index contributed by atoms with van der Waals surface area (Å²) in [5.41, 5.74) is -0.972. The smallest absolute Gasteiger partial charge is 0.343 e. The minimum atomic E-state index is -1.59. The molecule has 2 aliphatic rings. The Kier molecular flexibility index (Phi) is 7.08. The molecule has 2 fully saturated rings. The first kappa shape index (κ1) is 20.8. The molecule has 6 nitrogen and oxygen atoms in total. The molecule has 3 rings (SSSR count). The summed E-state index contributed by atoms with van der Waals surface area (Å²) in [6, 6.07) is 9.17. The summed E-state index contributed by atoms with van der Waals surface area (Å²) in [5, 5.41) is 11.5. The lowest BCUT2D eigenvalue weighted by Crippen LogP contribution is -2.45. The molecular weight excluding hydrogens is 358 g/mol. The maximum Gasteiger partial charge on any atom is 0.343 e. The maximum atomic E-state index is 13.1. The van der Waals surface area contributed by atoms with Crippen LogP contribution in [-0.4, -0.2) is 54.3 Å². The van der Waals surface area contributed by atoms with E-state index in [1.54, 1.807) is 19.1 Å². The van der Waals surface area contributed by atoms with Gasteiger partial charge in [-0.05, 0) is 31.7 Å². The molecule has 6 heteroatoms. The zero-order chi connectivity index (χ0) is 20.0. The van der Waals surface area contributed by atoms with Crippen molar-refractivity contribution >= 4 is 11.9 Å². The summed E-state index contributed by atoms with van der Waals surface area (Å²) < 4.78 is 10.7. The van der Waals surface area contributed by atoms with Crippen molar-refractivity contribution in [1.82, 2.24) is 4.90 Å². The first-order valence-electron chi connectivity index (χ1n) is 10.4. The summed E-state index contributed by atoms with van der Waals surface area (Å²) in [6.45, 7) is 4.13. The van der Waals surface area contributed by atoms with Crippen LogP contribution in [0, 0.1) is 5.92 Å². The number of ether oxygens (including phenoxy) is 2. The average Bonchev–Trinajstić information content (AvgIpc) is 3.39. The van der Waals surface area contributed by atoms with Crippen LogP contribution in [0.3, 0.4) is 0 Å². The summed E-state index contributed by atoms with van der Waals surface area (Å²) in [4.78, 5) is 26.7. The highest BCUT2D eigenvalue weighted by Gasteiger charge is 2.48. The highest BCUT2D eigenvalue weighted by atomic mass is 16.6. The van der Waals surface area contributed by atoms with E-state index in [-0.39, 0.29) is 18.0 Å². The van der Waals surface area contributed by atoms with Crippen molar-refractivity contribution in [2.75, 3.05) is 26.2 Å². The zero-order valence-electron chi connectivity index (χ0n) is 16.6. The van der Waals surface area contributed by atoms with Gasteiger partial charge in [0.15, 0.2) is 5.60 Å². The Morgan fingerprint density at radius 3 is 2.57 bits per heavy atom. The molecular formula is C22H31NO5. The van der Waals surface area contributed by atoms with Crippen LogP contribution in [0.2, 0.25) is 0 Å². The lowest BCUT2D eigenvalue weighted by molar-refractivity contribution is -0.178. The van der Waals surface area contributed by atoms with E-state index in [0.29, 0.717) is 38.1 Å². The Morgan fingerprint density at radius 1 is 1.18 bits per heavy atom. The molecule has 1 saturated heterocycles. The maximum absolute atomic E-state index is 13.1. The Hall–Kier alpha value is -1.92. The van der Waals surface area contributed by atoms with Crippen LogP contribution in [0.4, 0.5) is 0 Å². The Balaban J connectivity index is 1.61. The van der Waals surface area contributed by atoms with E-state index in [1.165, 1.54) is 0 Å². The summed E-state index contributed by atoms with van der Waals surface area (Å²) in [5.74, 6) is -0.853. The van der Waals surface area contributed by atoms with Gasteiger partial charge in [0, 0.05) is 25.6 Å². The van der Waals surface area contributed by atoms with Gasteiger partial charge in [0.25, 0.3) is 0 Å². The van der Waals surface area contributed by atoms with Crippen LogP contribution in [0.15, 0.2) is 30.3 Å². The number of aliphatic hydroxyl groups is 1. The number of hydrogen-bond donors (Lipinski definition) is 1. The molecule has 2 atom stereocenters. The normalized spacial score (nSPS) is 22.7. The number of benzene rings is 1. The van der Waals surface area contributed by atoms with Gasteiger partial charge in [-0.3, -0.25) is 9.69 Å². The van der Waals surface area contributed by atoms with Gasteiger partial charge < -0.3 is 14.6 Å². The fourth-order valence-corrected chi connectivity index (χ4v) is 4.38. The molecule has 0 aromatic heterocycles. The van der Waals surface area contributed by atoms with Crippen LogP contribution in [0.25, 0.3) is 0 Å². The van der Waals surface area contributed by atoms with Gasteiger partial charge >= 0.3 is 11.9 Å². The Morgan fingerprint density at radius 2 is 1.89 bits per heavy atom. The van der Waals surface area contributed by atoms with Gasteiger partial charge in [-0.15, -0.1) is 0 Å². The van der Waals surface area contributed by atoms with Gasteiger partial charge in [0.05, 0.1) is 13.0 Å². The van der Waals surface area contributed by atoms with Crippen molar-refractivity contribution in [1.29, 1.82) is 0 Å². The van der Waals surface area contributed by atoms with Crippen LogP contribution < -0.4 is 0 Å². The molecule has 154 valence electrons. The Bertz CT molecular complexity index is 658. The highest BCUT2D eigenvalue weighted by molar-refractivity contribution is 5.81. The highest BCUT2D eigenvalue weighted by Crippen LogP contribution is 2.41. The van der Waals surface area contributed by atoms with Gasteiger partial charge in [0.1, 0.15) is 6.10 Å². The zero-order valence-corrected chi connectivity index (χ0v) is 16.6. The molecule has 0 radical (unpaired) electrons. The first-order chi connectivity index (χ1) is 13.5. The van der Waals surface area contributed by atoms with Gasteiger partial charge in [-0.1, -0.05) is 43.2 Å². The van der Waals surface area contributed by atoms with Gasteiger partial charge in [-0.25, -0.2) is 4.79 Å². The molecule has 1 unspecified atom stereocenters. The van der Waals surface area contributed by atoms with E-state index in [4.69, 9.17) is 9.47 Å². The van der Waals surface area contributed by atoms with Crippen LogP contribution in [0.1, 0.15) is 51.0 Å². The second kappa shape index (κ2) is 9.52. The van der Waals surface area contributed by atoms with Crippen molar-refractivity contribution in [2.45, 2.75) is 57.2 Å². The van der Waals surface area contributed by atoms with Gasteiger partial charge in [-0.2, -0.15) is 0 Å². The van der Waals surface area contributed by atoms with E-state index in [1.807, 2.05) is 18.2 Å².